The number of anilines is 2. The molecule has 1 saturated heterocycles. The van der Waals surface area contributed by atoms with Gasteiger partial charge in [0, 0.05) is 48.5 Å². The molecule has 0 aliphatic carbocycles. The van der Waals surface area contributed by atoms with Crippen molar-refractivity contribution in [1.82, 2.24) is 10.2 Å². The van der Waals surface area contributed by atoms with E-state index in [2.05, 4.69) is 15.5 Å². The molecule has 1 fully saturated rings. The average Bonchev–Trinajstić information content (AvgIpc) is 3.41. The molecule has 2 N–H and O–H groups in total. The molecule has 0 spiro atoms. The Morgan fingerprint density at radius 2 is 1.67 bits per heavy atom. The van der Waals surface area contributed by atoms with E-state index in [1.165, 1.54) is 0 Å². The Hall–Kier alpha value is -4.37. The van der Waals surface area contributed by atoms with E-state index in [-0.39, 0.29) is 16.9 Å². The predicted molar refractivity (Wildman–Crippen MR) is 157 cm³/mol. The number of hydrogen-bond donors (Lipinski definition) is 2. The summed E-state index contributed by atoms with van der Waals surface area (Å²) in [6.45, 7) is 5.33. The summed E-state index contributed by atoms with van der Waals surface area (Å²) < 4.78 is 11.3. The van der Waals surface area contributed by atoms with Crippen molar-refractivity contribution in [2.45, 2.75) is 13.3 Å². The molecule has 3 aromatic carbocycles. The van der Waals surface area contributed by atoms with Crippen molar-refractivity contribution in [3.63, 3.8) is 0 Å². The number of nitrogens with zero attached hydrogens (tertiary/aromatic N) is 2. The highest BCUT2D eigenvalue weighted by Crippen LogP contribution is 2.23. The summed E-state index contributed by atoms with van der Waals surface area (Å²) in [5.41, 5.74) is 3.04. The van der Waals surface area contributed by atoms with Gasteiger partial charge < -0.3 is 24.3 Å². The fourth-order valence-corrected chi connectivity index (χ4v) is 4.64. The highest BCUT2D eigenvalue weighted by Gasteiger charge is 2.24. The first kappa shape index (κ1) is 26.2. The molecular formula is C30H30N4O4S. The summed E-state index contributed by atoms with van der Waals surface area (Å²) in [6.07, 6.45) is 0.922. The zero-order chi connectivity index (χ0) is 27.2. The summed E-state index contributed by atoms with van der Waals surface area (Å²) in [4.78, 5) is 29.5. The van der Waals surface area contributed by atoms with E-state index in [1.54, 1.807) is 24.3 Å². The second kappa shape index (κ2) is 12.0. The molecule has 2 amide bonds. The normalized spacial score (nSPS) is 13.3. The van der Waals surface area contributed by atoms with Crippen molar-refractivity contribution in [3.05, 3.63) is 90.2 Å². The van der Waals surface area contributed by atoms with Gasteiger partial charge >= 0.3 is 0 Å². The molecule has 1 aliphatic heterocycles. The van der Waals surface area contributed by atoms with Gasteiger partial charge in [0.15, 0.2) is 10.9 Å². The monoisotopic (exact) mass is 542 g/mol. The van der Waals surface area contributed by atoms with Gasteiger partial charge in [0.1, 0.15) is 11.3 Å². The van der Waals surface area contributed by atoms with E-state index in [9.17, 15) is 9.59 Å². The fourth-order valence-electron chi connectivity index (χ4n) is 4.43. The zero-order valence-electron chi connectivity index (χ0n) is 21.7. The van der Waals surface area contributed by atoms with Gasteiger partial charge in [-0.25, -0.2) is 0 Å². The number of thiocarbonyl (C=S) groups is 1. The number of hydrogen-bond acceptors (Lipinski definition) is 6. The lowest BCUT2D eigenvalue weighted by Crippen LogP contribution is -2.48. The van der Waals surface area contributed by atoms with Crippen molar-refractivity contribution in [2.24, 2.45) is 0 Å². The molecule has 9 heteroatoms. The topological polar surface area (TPSA) is 87.0 Å². The van der Waals surface area contributed by atoms with Crippen LogP contribution in [-0.4, -0.2) is 54.6 Å². The minimum Gasteiger partial charge on any atom is -0.494 e. The Kier molecular flexibility index (Phi) is 8.07. The van der Waals surface area contributed by atoms with E-state index >= 15 is 0 Å². The highest BCUT2D eigenvalue weighted by molar-refractivity contribution is 7.80. The highest BCUT2D eigenvalue weighted by atomic mass is 32.1. The third-order valence-corrected chi connectivity index (χ3v) is 6.71. The maximum absolute atomic E-state index is 12.9. The molecule has 0 radical (unpaired) electrons. The summed E-state index contributed by atoms with van der Waals surface area (Å²) in [5.74, 6) is 0.734. The first-order valence-electron chi connectivity index (χ1n) is 13.0. The number of carbonyl (C=O) groups excluding carboxylic acids is 2. The molecule has 5 rings (SSSR count). The molecule has 1 aromatic heterocycles. The van der Waals surface area contributed by atoms with Gasteiger partial charge in [-0.2, -0.15) is 0 Å². The van der Waals surface area contributed by atoms with Gasteiger partial charge in [-0.15, -0.1) is 0 Å². The van der Waals surface area contributed by atoms with Gasteiger partial charge in [-0.3, -0.25) is 14.9 Å². The number of piperazine rings is 1. The maximum atomic E-state index is 12.9. The smallest absolute Gasteiger partial charge is 0.289 e. The van der Waals surface area contributed by atoms with Crippen LogP contribution in [-0.2, 0) is 0 Å². The molecule has 0 bridgehead atoms. The van der Waals surface area contributed by atoms with E-state index in [4.69, 9.17) is 21.4 Å². The van der Waals surface area contributed by atoms with Crippen LogP contribution < -0.4 is 20.3 Å². The van der Waals surface area contributed by atoms with Gasteiger partial charge in [0.05, 0.1) is 6.61 Å². The number of rotatable bonds is 7. The summed E-state index contributed by atoms with van der Waals surface area (Å²) in [7, 11) is 0. The van der Waals surface area contributed by atoms with Gasteiger partial charge in [-0.1, -0.05) is 25.1 Å². The quantitative estimate of drug-likeness (QED) is 0.306. The molecule has 2 heterocycles. The Balaban J connectivity index is 1.10. The van der Waals surface area contributed by atoms with Gasteiger partial charge in [-0.05, 0) is 79.3 Å². The first-order valence-corrected chi connectivity index (χ1v) is 13.4. The van der Waals surface area contributed by atoms with Crippen LogP contribution in [0.5, 0.6) is 5.75 Å². The number of carbonyl (C=O) groups is 2. The lowest BCUT2D eigenvalue weighted by Gasteiger charge is -2.35. The lowest BCUT2D eigenvalue weighted by atomic mass is 10.2. The molecule has 4 aromatic rings. The van der Waals surface area contributed by atoms with Crippen molar-refractivity contribution < 1.29 is 18.7 Å². The molecule has 200 valence electrons. The Labute approximate surface area is 232 Å². The third-order valence-electron chi connectivity index (χ3n) is 6.51. The van der Waals surface area contributed by atoms with Crippen LogP contribution in [0.1, 0.15) is 34.3 Å². The SMILES string of the molecule is CCCOc1ccc(C(=O)NC(=S)Nc2ccc(N3CCN(C(=O)c4cc5ccccc5o4)CC3)cc2)cc1. The Morgan fingerprint density at radius 1 is 0.949 bits per heavy atom. The number of furan rings is 1. The molecule has 0 saturated carbocycles. The van der Waals surface area contributed by atoms with Gasteiger partial charge in [0.25, 0.3) is 11.8 Å². The number of nitrogens with one attached hydrogen (secondary N) is 2. The summed E-state index contributed by atoms with van der Waals surface area (Å²) >= 11 is 5.33. The van der Waals surface area contributed by atoms with E-state index < -0.39 is 0 Å². The molecular weight excluding hydrogens is 512 g/mol. The van der Waals surface area contributed by atoms with E-state index in [1.807, 2.05) is 66.4 Å². The van der Waals surface area contributed by atoms with Gasteiger partial charge in [0.2, 0.25) is 0 Å². The lowest BCUT2D eigenvalue weighted by molar-refractivity contribution is 0.0717. The average molecular weight is 543 g/mol. The third kappa shape index (κ3) is 6.38. The molecule has 0 unspecified atom stereocenters. The number of fused-ring (bicyclic) bond motifs is 1. The van der Waals surface area contributed by atoms with Crippen molar-refractivity contribution in [2.75, 3.05) is 43.0 Å². The van der Waals surface area contributed by atoms with Crippen LogP contribution >= 0.6 is 12.2 Å². The summed E-state index contributed by atoms with van der Waals surface area (Å²) in [6, 6.07) is 24.2. The van der Waals surface area contributed by atoms with Crippen molar-refractivity contribution >= 4 is 51.5 Å². The molecule has 0 atom stereocenters. The standard InChI is InChI=1S/C30H30N4O4S/c1-2-19-37-25-13-7-21(8-14-25)28(35)32-30(39)31-23-9-11-24(12-10-23)33-15-17-34(18-16-33)29(36)27-20-22-5-3-4-6-26(22)38-27/h3-14,20H,2,15-19H2,1H3,(H2,31,32,35,39). The first-order chi connectivity index (χ1) is 19.0. The molecule has 1 aliphatic rings. The van der Waals surface area contributed by atoms with Crippen LogP contribution in [0.2, 0.25) is 0 Å². The number of para-hydroxylation sites is 1. The van der Waals surface area contributed by atoms with Crippen LogP contribution in [0.3, 0.4) is 0 Å². The van der Waals surface area contributed by atoms with E-state index in [0.717, 1.165) is 47.6 Å². The van der Waals surface area contributed by atoms with Crippen molar-refractivity contribution in [1.29, 1.82) is 0 Å². The minimum absolute atomic E-state index is 0.0817. The predicted octanol–water partition coefficient (Wildman–Crippen LogP) is 5.31. The minimum atomic E-state index is -0.291. The zero-order valence-corrected chi connectivity index (χ0v) is 22.5. The van der Waals surface area contributed by atoms with Crippen LogP contribution in [0.25, 0.3) is 11.0 Å². The Bertz CT molecular complexity index is 1430. The molecule has 8 nitrogen and oxygen atoms in total. The summed E-state index contributed by atoms with van der Waals surface area (Å²) in [5, 5.41) is 6.91. The number of ether oxygens (including phenoxy) is 1. The number of benzene rings is 3. The van der Waals surface area contributed by atoms with Crippen LogP contribution in [0.15, 0.2) is 83.3 Å². The van der Waals surface area contributed by atoms with Crippen LogP contribution in [0, 0.1) is 0 Å². The second-order valence-corrected chi connectivity index (χ2v) is 9.66. The van der Waals surface area contributed by atoms with E-state index in [0.29, 0.717) is 31.0 Å². The Morgan fingerprint density at radius 3 is 2.36 bits per heavy atom. The van der Waals surface area contributed by atoms with Crippen LogP contribution in [0.4, 0.5) is 11.4 Å². The second-order valence-electron chi connectivity index (χ2n) is 9.26. The fraction of sp³-hybridized carbons (Fsp3) is 0.233. The maximum Gasteiger partial charge on any atom is 0.289 e. The van der Waals surface area contributed by atoms with Crippen molar-refractivity contribution in [3.8, 4) is 5.75 Å². The number of amides is 2. The molecule has 39 heavy (non-hydrogen) atoms. The largest absolute Gasteiger partial charge is 0.494 e.